The largest absolute Gasteiger partial charge is 0.447 e. The van der Waals surface area contributed by atoms with Gasteiger partial charge in [-0.15, -0.1) is 0 Å². The molecule has 2 rings (SSSR count). The highest BCUT2D eigenvalue weighted by Crippen LogP contribution is 2.16. The Bertz CT molecular complexity index is 608. The van der Waals surface area contributed by atoms with Gasteiger partial charge in [0.05, 0.1) is 24.7 Å². The van der Waals surface area contributed by atoms with Gasteiger partial charge in [0.2, 0.25) is 10.0 Å². The molecule has 0 aliphatic carbocycles. The average molecular weight is 267 g/mol. The summed E-state index contributed by atoms with van der Waals surface area (Å²) in [6.07, 6.45) is 4.09. The van der Waals surface area contributed by atoms with E-state index in [1.165, 1.54) is 6.39 Å². The van der Waals surface area contributed by atoms with Crippen LogP contribution in [0.2, 0.25) is 0 Å². The fourth-order valence-corrected chi connectivity index (χ4v) is 1.98. The lowest BCUT2D eigenvalue weighted by Crippen LogP contribution is -2.09. The number of nitrogens with one attached hydrogen (secondary N) is 2. The van der Waals surface area contributed by atoms with Crippen molar-refractivity contribution in [3.63, 3.8) is 0 Å². The zero-order valence-corrected chi connectivity index (χ0v) is 10.6. The minimum atomic E-state index is -3.26. The molecule has 7 heteroatoms. The van der Waals surface area contributed by atoms with E-state index in [4.69, 9.17) is 4.42 Å². The Kier molecular flexibility index (Phi) is 3.52. The lowest BCUT2D eigenvalue weighted by molar-refractivity contribution is 0.512. The molecule has 0 bridgehead atoms. The van der Waals surface area contributed by atoms with Gasteiger partial charge in [-0.05, 0) is 18.2 Å². The second-order valence-electron chi connectivity index (χ2n) is 3.78. The van der Waals surface area contributed by atoms with Crippen molar-refractivity contribution in [1.82, 2.24) is 4.98 Å². The predicted octanol–water partition coefficient (Wildman–Crippen LogP) is 1.66. The molecule has 0 atom stereocenters. The molecule has 1 aromatic heterocycles. The molecule has 6 nitrogen and oxygen atoms in total. The van der Waals surface area contributed by atoms with E-state index in [1.54, 1.807) is 24.4 Å². The number of oxazole rings is 1. The van der Waals surface area contributed by atoms with Crippen LogP contribution in [0.15, 0.2) is 41.3 Å². The molecule has 1 aromatic carbocycles. The van der Waals surface area contributed by atoms with Crippen molar-refractivity contribution in [3.05, 3.63) is 42.6 Å². The minimum Gasteiger partial charge on any atom is -0.447 e. The van der Waals surface area contributed by atoms with E-state index in [0.717, 1.165) is 11.9 Å². The van der Waals surface area contributed by atoms with Gasteiger partial charge in [-0.25, -0.2) is 13.4 Å². The fourth-order valence-electron chi connectivity index (χ4n) is 1.43. The maximum atomic E-state index is 11.1. The molecule has 0 radical (unpaired) electrons. The molecular weight excluding hydrogens is 254 g/mol. The Balaban J connectivity index is 2.03. The van der Waals surface area contributed by atoms with E-state index >= 15 is 0 Å². The van der Waals surface area contributed by atoms with Gasteiger partial charge in [-0.3, -0.25) is 4.72 Å². The zero-order chi connectivity index (χ0) is 13.0. The number of benzene rings is 1. The minimum absolute atomic E-state index is 0.488. The van der Waals surface area contributed by atoms with Gasteiger partial charge < -0.3 is 9.73 Å². The molecule has 0 saturated heterocycles. The van der Waals surface area contributed by atoms with Crippen molar-refractivity contribution in [2.24, 2.45) is 0 Å². The SMILES string of the molecule is CS(=O)(=O)Nc1cccc(NCc2cnco2)c1. The molecule has 0 unspecified atom stereocenters. The van der Waals surface area contributed by atoms with Crippen LogP contribution in [-0.2, 0) is 16.6 Å². The number of rotatable bonds is 5. The Morgan fingerprint density at radius 3 is 2.78 bits per heavy atom. The Labute approximate surface area is 105 Å². The second-order valence-corrected chi connectivity index (χ2v) is 5.52. The molecule has 0 amide bonds. The van der Waals surface area contributed by atoms with Crippen LogP contribution in [0.5, 0.6) is 0 Å². The summed E-state index contributed by atoms with van der Waals surface area (Å²) in [5.74, 6) is 0.705. The number of hydrogen-bond acceptors (Lipinski definition) is 5. The molecular formula is C11H13N3O3S. The van der Waals surface area contributed by atoms with Crippen LogP contribution in [0.1, 0.15) is 5.76 Å². The lowest BCUT2D eigenvalue weighted by atomic mass is 10.3. The van der Waals surface area contributed by atoms with Gasteiger partial charge in [0.25, 0.3) is 0 Å². The number of aromatic nitrogens is 1. The van der Waals surface area contributed by atoms with Crippen molar-refractivity contribution in [1.29, 1.82) is 0 Å². The third-order valence-corrected chi connectivity index (χ3v) is 2.72. The Morgan fingerprint density at radius 1 is 1.33 bits per heavy atom. The molecule has 2 N–H and O–H groups in total. The molecule has 2 aromatic rings. The summed E-state index contributed by atoms with van der Waals surface area (Å²) in [7, 11) is -3.26. The Hall–Kier alpha value is -2.02. The standard InChI is InChI=1S/C11H13N3O3S/c1-18(15,16)14-10-4-2-3-9(5-10)13-7-11-6-12-8-17-11/h2-6,8,13-14H,7H2,1H3. The summed E-state index contributed by atoms with van der Waals surface area (Å²) in [5, 5.41) is 3.10. The van der Waals surface area contributed by atoms with E-state index in [2.05, 4.69) is 15.0 Å². The molecule has 0 aliphatic rings. The second kappa shape index (κ2) is 5.09. The summed E-state index contributed by atoms with van der Waals surface area (Å²) in [4.78, 5) is 3.80. The fraction of sp³-hybridized carbons (Fsp3) is 0.182. The first kappa shape index (κ1) is 12.4. The molecule has 1 heterocycles. The van der Waals surface area contributed by atoms with Crippen LogP contribution in [-0.4, -0.2) is 19.7 Å². The van der Waals surface area contributed by atoms with Crippen LogP contribution in [0.4, 0.5) is 11.4 Å². The molecule has 0 aliphatic heterocycles. The number of nitrogens with zero attached hydrogens (tertiary/aromatic N) is 1. The number of hydrogen-bond donors (Lipinski definition) is 2. The summed E-state index contributed by atoms with van der Waals surface area (Å²) in [5.41, 5.74) is 1.31. The van der Waals surface area contributed by atoms with Crippen LogP contribution in [0.25, 0.3) is 0 Å². The van der Waals surface area contributed by atoms with Crippen molar-refractivity contribution in [2.75, 3.05) is 16.3 Å². The first-order valence-electron chi connectivity index (χ1n) is 5.22. The summed E-state index contributed by atoms with van der Waals surface area (Å²) < 4.78 is 29.7. The quantitative estimate of drug-likeness (QED) is 0.860. The van der Waals surface area contributed by atoms with Crippen LogP contribution in [0, 0.1) is 0 Å². The van der Waals surface area contributed by atoms with E-state index in [-0.39, 0.29) is 0 Å². The normalized spacial score (nSPS) is 11.2. The zero-order valence-electron chi connectivity index (χ0n) is 9.75. The molecule has 0 saturated carbocycles. The summed E-state index contributed by atoms with van der Waals surface area (Å²) >= 11 is 0. The van der Waals surface area contributed by atoms with Gasteiger partial charge in [0.1, 0.15) is 5.76 Å². The maximum absolute atomic E-state index is 11.1. The number of sulfonamides is 1. The van der Waals surface area contributed by atoms with E-state index in [0.29, 0.717) is 18.0 Å². The third kappa shape index (κ3) is 3.77. The van der Waals surface area contributed by atoms with E-state index < -0.39 is 10.0 Å². The highest BCUT2D eigenvalue weighted by Gasteiger charge is 2.02. The predicted molar refractivity (Wildman–Crippen MR) is 68.7 cm³/mol. The molecule has 0 fully saturated rings. The smallest absolute Gasteiger partial charge is 0.229 e. The monoisotopic (exact) mass is 267 g/mol. The average Bonchev–Trinajstić information content (AvgIpc) is 2.77. The van der Waals surface area contributed by atoms with Crippen molar-refractivity contribution >= 4 is 21.4 Å². The topological polar surface area (TPSA) is 84.2 Å². The summed E-state index contributed by atoms with van der Waals surface area (Å²) in [6.45, 7) is 0.488. The van der Waals surface area contributed by atoms with Gasteiger partial charge >= 0.3 is 0 Å². The van der Waals surface area contributed by atoms with Crippen LogP contribution >= 0.6 is 0 Å². The van der Waals surface area contributed by atoms with Crippen molar-refractivity contribution < 1.29 is 12.8 Å². The van der Waals surface area contributed by atoms with Crippen molar-refractivity contribution in [3.8, 4) is 0 Å². The third-order valence-electron chi connectivity index (χ3n) is 2.12. The van der Waals surface area contributed by atoms with Gasteiger partial charge in [-0.1, -0.05) is 6.07 Å². The first-order chi connectivity index (χ1) is 8.53. The van der Waals surface area contributed by atoms with E-state index in [1.807, 2.05) is 6.07 Å². The lowest BCUT2D eigenvalue weighted by Gasteiger charge is -2.07. The van der Waals surface area contributed by atoms with Gasteiger partial charge in [0.15, 0.2) is 6.39 Å². The van der Waals surface area contributed by atoms with Crippen LogP contribution in [0.3, 0.4) is 0 Å². The first-order valence-corrected chi connectivity index (χ1v) is 7.11. The van der Waals surface area contributed by atoms with E-state index in [9.17, 15) is 8.42 Å². The molecule has 96 valence electrons. The highest BCUT2D eigenvalue weighted by atomic mass is 32.2. The van der Waals surface area contributed by atoms with Crippen LogP contribution < -0.4 is 10.0 Å². The highest BCUT2D eigenvalue weighted by molar-refractivity contribution is 7.92. The van der Waals surface area contributed by atoms with Gasteiger partial charge in [0, 0.05) is 5.69 Å². The van der Waals surface area contributed by atoms with Crippen molar-refractivity contribution in [2.45, 2.75) is 6.54 Å². The molecule has 18 heavy (non-hydrogen) atoms. The Morgan fingerprint density at radius 2 is 2.11 bits per heavy atom. The molecule has 0 spiro atoms. The summed E-state index contributed by atoms with van der Waals surface area (Å²) in [6, 6.07) is 6.98. The maximum Gasteiger partial charge on any atom is 0.229 e. The number of anilines is 2. The van der Waals surface area contributed by atoms with Gasteiger partial charge in [-0.2, -0.15) is 0 Å².